The van der Waals surface area contributed by atoms with Crippen LogP contribution in [0.4, 0.5) is 10.3 Å². The van der Waals surface area contributed by atoms with Crippen LogP contribution < -0.4 is 15.5 Å². The lowest BCUT2D eigenvalue weighted by Gasteiger charge is -2.34. The van der Waals surface area contributed by atoms with Gasteiger partial charge in [0.25, 0.3) is 0 Å². The molecule has 31 heavy (non-hydrogen) atoms. The molecule has 1 aliphatic rings. The van der Waals surface area contributed by atoms with E-state index >= 15 is 0 Å². The summed E-state index contributed by atoms with van der Waals surface area (Å²) in [7, 11) is 1.77. The first-order valence-electron chi connectivity index (χ1n) is 10.1. The van der Waals surface area contributed by atoms with Gasteiger partial charge >= 0.3 is 0 Å². The van der Waals surface area contributed by atoms with Crippen molar-refractivity contribution in [3.63, 3.8) is 0 Å². The minimum absolute atomic E-state index is 0. The molecule has 1 fully saturated rings. The fourth-order valence-electron chi connectivity index (χ4n) is 3.41. The highest BCUT2D eigenvalue weighted by molar-refractivity contribution is 14.0. The molecule has 1 saturated heterocycles. The molecule has 7 nitrogen and oxygen atoms in total. The van der Waals surface area contributed by atoms with Crippen molar-refractivity contribution >= 4 is 47.6 Å². The van der Waals surface area contributed by atoms with E-state index in [1.807, 2.05) is 18.4 Å². The van der Waals surface area contributed by atoms with Gasteiger partial charge in [-0.3, -0.25) is 9.89 Å². The highest BCUT2D eigenvalue weighted by Gasteiger charge is 2.18. The first kappa shape index (κ1) is 25.6. The summed E-state index contributed by atoms with van der Waals surface area (Å²) in [6.45, 7) is 6.20. The van der Waals surface area contributed by atoms with Crippen LogP contribution in [0.15, 0.2) is 41.7 Å². The topological polar surface area (TPSA) is 68.7 Å². The third-order valence-electron chi connectivity index (χ3n) is 5.07. The molecule has 0 spiro atoms. The maximum Gasteiger partial charge on any atom is 0.225 e. The second-order valence-corrected chi connectivity index (χ2v) is 7.94. The zero-order valence-electron chi connectivity index (χ0n) is 18.1. The summed E-state index contributed by atoms with van der Waals surface area (Å²) in [5.74, 6) is 2.16. The number of rotatable bonds is 8. The minimum Gasteiger partial charge on any atom is -0.355 e. The van der Waals surface area contributed by atoms with Crippen molar-refractivity contribution in [2.45, 2.75) is 12.3 Å². The molecular weight excluding hydrogens is 528 g/mol. The lowest BCUT2D eigenvalue weighted by molar-refractivity contribution is 0.260. The third kappa shape index (κ3) is 8.08. The minimum atomic E-state index is -0.191. The Morgan fingerprint density at radius 3 is 2.55 bits per heavy atom. The van der Waals surface area contributed by atoms with Gasteiger partial charge in [-0.25, -0.2) is 14.4 Å². The van der Waals surface area contributed by atoms with Crippen molar-refractivity contribution < 1.29 is 4.39 Å². The molecular formula is C21H31FIN7S. The normalized spacial score (nSPS) is 14.8. The number of anilines is 1. The number of halogens is 2. The van der Waals surface area contributed by atoms with Gasteiger partial charge in [-0.05, 0) is 35.6 Å². The zero-order chi connectivity index (χ0) is 21.2. The molecule has 2 aromatic rings. The molecule has 3 rings (SSSR count). The Hall–Kier alpha value is -1.66. The van der Waals surface area contributed by atoms with E-state index in [9.17, 15) is 4.39 Å². The van der Waals surface area contributed by atoms with Crippen LogP contribution in [0.5, 0.6) is 0 Å². The molecule has 0 radical (unpaired) electrons. The van der Waals surface area contributed by atoms with Gasteiger partial charge in [0.2, 0.25) is 5.95 Å². The summed E-state index contributed by atoms with van der Waals surface area (Å²) in [6.07, 6.45) is 5.59. The van der Waals surface area contributed by atoms with Crippen molar-refractivity contribution in [1.29, 1.82) is 0 Å². The quantitative estimate of drug-likeness (QED) is 0.293. The maximum absolute atomic E-state index is 13.5. The lowest BCUT2D eigenvalue weighted by Crippen LogP contribution is -2.49. The van der Waals surface area contributed by atoms with Crippen LogP contribution in [0.1, 0.15) is 11.1 Å². The number of aliphatic imine (C=N–C) groups is 1. The number of benzene rings is 1. The van der Waals surface area contributed by atoms with Crippen LogP contribution in [0.2, 0.25) is 0 Å². The molecule has 2 heterocycles. The van der Waals surface area contributed by atoms with Crippen molar-refractivity contribution in [2.24, 2.45) is 4.99 Å². The van der Waals surface area contributed by atoms with Crippen LogP contribution in [-0.2, 0) is 12.3 Å². The summed E-state index contributed by atoms with van der Waals surface area (Å²) in [5, 5.41) is 6.71. The number of aromatic nitrogens is 2. The lowest BCUT2D eigenvalue weighted by atomic mass is 10.1. The van der Waals surface area contributed by atoms with Crippen molar-refractivity contribution in [3.8, 4) is 0 Å². The smallest absolute Gasteiger partial charge is 0.225 e. The van der Waals surface area contributed by atoms with Crippen LogP contribution in [0, 0.1) is 5.82 Å². The SMILES string of the molecule is CN=C(NCCN1CCN(c2ncccn2)CC1)NCc1ccc(F)cc1CSC.I. The highest BCUT2D eigenvalue weighted by Crippen LogP contribution is 2.16. The molecule has 1 aliphatic heterocycles. The fraction of sp³-hybridized carbons (Fsp3) is 0.476. The fourth-order valence-corrected chi connectivity index (χ4v) is 3.99. The number of piperazine rings is 1. The van der Waals surface area contributed by atoms with E-state index in [2.05, 4.69) is 35.4 Å². The average molecular weight is 559 g/mol. The Morgan fingerprint density at radius 1 is 1.13 bits per heavy atom. The van der Waals surface area contributed by atoms with E-state index in [0.717, 1.165) is 68.1 Å². The predicted molar refractivity (Wildman–Crippen MR) is 138 cm³/mol. The van der Waals surface area contributed by atoms with Gasteiger partial charge in [0, 0.05) is 71.0 Å². The number of nitrogens with zero attached hydrogens (tertiary/aromatic N) is 5. The van der Waals surface area contributed by atoms with Crippen molar-refractivity contribution in [2.75, 3.05) is 57.5 Å². The Balaban J connectivity index is 0.00000341. The molecule has 1 aromatic heterocycles. The molecule has 0 aliphatic carbocycles. The number of hydrogen-bond donors (Lipinski definition) is 2. The van der Waals surface area contributed by atoms with Crippen LogP contribution in [0.3, 0.4) is 0 Å². The van der Waals surface area contributed by atoms with Crippen LogP contribution in [0.25, 0.3) is 0 Å². The van der Waals surface area contributed by atoms with Gasteiger partial charge in [-0.2, -0.15) is 11.8 Å². The Kier molecular flexibility index (Phi) is 11.3. The van der Waals surface area contributed by atoms with Gasteiger partial charge < -0.3 is 15.5 Å². The largest absolute Gasteiger partial charge is 0.355 e. The van der Waals surface area contributed by atoms with E-state index in [1.54, 1.807) is 37.3 Å². The molecule has 0 unspecified atom stereocenters. The molecule has 1 aromatic carbocycles. The summed E-state index contributed by atoms with van der Waals surface area (Å²) >= 11 is 1.69. The number of thioether (sulfide) groups is 1. The van der Waals surface area contributed by atoms with Crippen molar-refractivity contribution in [1.82, 2.24) is 25.5 Å². The summed E-state index contributed by atoms with van der Waals surface area (Å²) in [5.41, 5.74) is 2.11. The summed E-state index contributed by atoms with van der Waals surface area (Å²) < 4.78 is 13.5. The third-order valence-corrected chi connectivity index (χ3v) is 5.67. The molecule has 170 valence electrons. The Labute approximate surface area is 205 Å². The summed E-state index contributed by atoms with van der Waals surface area (Å²) in [4.78, 5) is 17.6. The van der Waals surface area contributed by atoms with E-state index in [0.29, 0.717) is 6.54 Å². The first-order chi connectivity index (χ1) is 14.7. The van der Waals surface area contributed by atoms with Gasteiger partial charge in [0.1, 0.15) is 5.82 Å². The molecule has 0 atom stereocenters. The van der Waals surface area contributed by atoms with Gasteiger partial charge in [0.15, 0.2) is 5.96 Å². The average Bonchev–Trinajstić information content (AvgIpc) is 2.78. The number of guanidine groups is 1. The van der Waals surface area contributed by atoms with E-state index < -0.39 is 0 Å². The second kappa shape index (κ2) is 13.7. The maximum atomic E-state index is 13.5. The van der Waals surface area contributed by atoms with Gasteiger partial charge in [0.05, 0.1) is 0 Å². The molecule has 10 heteroatoms. The van der Waals surface area contributed by atoms with Gasteiger partial charge in [-0.1, -0.05) is 6.07 Å². The highest BCUT2D eigenvalue weighted by atomic mass is 127. The van der Waals surface area contributed by atoms with Crippen LogP contribution >= 0.6 is 35.7 Å². The Bertz CT molecular complexity index is 817. The predicted octanol–water partition coefficient (Wildman–Crippen LogP) is 2.58. The standard InChI is InChI=1S/C21H30FN7S.HI/c1-23-20(27-15-17-4-5-19(22)14-18(17)16-30-2)24-8-9-28-10-12-29(13-11-28)21-25-6-3-7-26-21;/h3-7,14H,8-13,15-16H2,1-2H3,(H2,23,24,27);1H. The molecule has 2 N–H and O–H groups in total. The van der Waals surface area contributed by atoms with Crippen molar-refractivity contribution in [3.05, 3.63) is 53.6 Å². The van der Waals surface area contributed by atoms with Crippen LogP contribution in [-0.4, -0.2) is 73.4 Å². The second-order valence-electron chi connectivity index (χ2n) is 7.08. The number of nitrogens with one attached hydrogen (secondary N) is 2. The van der Waals surface area contributed by atoms with E-state index in [-0.39, 0.29) is 29.8 Å². The summed E-state index contributed by atoms with van der Waals surface area (Å²) in [6, 6.07) is 6.81. The Morgan fingerprint density at radius 2 is 1.87 bits per heavy atom. The van der Waals surface area contributed by atoms with E-state index in [4.69, 9.17) is 0 Å². The molecule has 0 saturated carbocycles. The molecule has 0 bridgehead atoms. The van der Waals surface area contributed by atoms with E-state index in [1.165, 1.54) is 6.07 Å². The molecule has 0 amide bonds. The van der Waals surface area contributed by atoms with Gasteiger partial charge in [-0.15, -0.1) is 24.0 Å². The monoisotopic (exact) mass is 559 g/mol. The first-order valence-corrected chi connectivity index (χ1v) is 11.5. The zero-order valence-corrected chi connectivity index (χ0v) is 21.2. The number of hydrogen-bond acceptors (Lipinski definition) is 6.